The molecule has 0 bridgehead atoms. The Morgan fingerprint density at radius 2 is 2.00 bits per heavy atom. The summed E-state index contributed by atoms with van der Waals surface area (Å²) in [7, 11) is 0. The molecular weight excluding hydrogens is 209 g/mol. The van der Waals surface area contributed by atoms with Crippen LogP contribution in [-0.2, 0) is 9.59 Å². The number of rotatable bonds is 2. The van der Waals surface area contributed by atoms with Crippen LogP contribution in [0.1, 0.15) is 12.8 Å². The first-order valence-electron chi connectivity index (χ1n) is 5.24. The van der Waals surface area contributed by atoms with Gasteiger partial charge in [-0.2, -0.15) is 0 Å². The number of benzene rings is 1. The quantitative estimate of drug-likeness (QED) is 0.563. The number of carbonyl (C=O) groups is 2. The maximum atomic E-state index is 12.7. The van der Waals surface area contributed by atoms with E-state index in [1.54, 1.807) is 17.0 Å². The summed E-state index contributed by atoms with van der Waals surface area (Å²) in [6, 6.07) is 5.74. The molecular formula is C12H12FNO2. The van der Waals surface area contributed by atoms with E-state index in [0.717, 1.165) is 6.42 Å². The van der Waals surface area contributed by atoms with E-state index in [4.69, 9.17) is 0 Å². The highest BCUT2D eigenvalue weighted by Gasteiger charge is 2.28. The van der Waals surface area contributed by atoms with Crippen molar-refractivity contribution < 1.29 is 14.0 Å². The van der Waals surface area contributed by atoms with Crippen LogP contribution >= 0.6 is 0 Å². The van der Waals surface area contributed by atoms with E-state index in [1.165, 1.54) is 12.1 Å². The van der Waals surface area contributed by atoms with E-state index in [0.29, 0.717) is 24.9 Å². The standard InChI is InChI=1S/C12H12FNO2/c13-10-3-5-11(6-4-10)14-7-1-2-9(8-15)12(14)16/h3-6,8-9H,1-2,7H2. The number of anilines is 1. The first kappa shape index (κ1) is 10.8. The molecule has 1 aliphatic heterocycles. The topological polar surface area (TPSA) is 37.4 Å². The van der Waals surface area contributed by atoms with Crippen molar-refractivity contribution in [2.45, 2.75) is 12.8 Å². The second-order valence-electron chi connectivity index (χ2n) is 3.85. The van der Waals surface area contributed by atoms with Crippen molar-refractivity contribution >= 4 is 17.9 Å². The Hall–Kier alpha value is -1.71. The van der Waals surface area contributed by atoms with Crippen molar-refractivity contribution in [3.05, 3.63) is 30.1 Å². The maximum Gasteiger partial charge on any atom is 0.237 e. The van der Waals surface area contributed by atoms with Gasteiger partial charge in [0.2, 0.25) is 5.91 Å². The van der Waals surface area contributed by atoms with Gasteiger partial charge in [0.25, 0.3) is 0 Å². The summed E-state index contributed by atoms with van der Waals surface area (Å²) in [5.41, 5.74) is 0.651. The third-order valence-corrected chi connectivity index (χ3v) is 2.78. The minimum atomic E-state index is -0.543. The molecule has 1 aliphatic rings. The summed E-state index contributed by atoms with van der Waals surface area (Å²) in [6.45, 7) is 0.592. The van der Waals surface area contributed by atoms with E-state index in [-0.39, 0.29) is 11.7 Å². The maximum absolute atomic E-state index is 12.7. The molecule has 1 fully saturated rings. The van der Waals surface area contributed by atoms with Gasteiger partial charge in [0.1, 0.15) is 12.1 Å². The zero-order chi connectivity index (χ0) is 11.5. The number of nitrogens with zero attached hydrogens (tertiary/aromatic N) is 1. The van der Waals surface area contributed by atoms with Crippen molar-refractivity contribution in [1.82, 2.24) is 0 Å². The Labute approximate surface area is 92.9 Å². The minimum Gasteiger partial charge on any atom is -0.312 e. The molecule has 4 heteroatoms. The molecule has 1 atom stereocenters. The van der Waals surface area contributed by atoms with Gasteiger partial charge < -0.3 is 9.69 Å². The molecule has 0 aliphatic carbocycles. The summed E-state index contributed by atoms with van der Waals surface area (Å²) in [5, 5.41) is 0. The SMILES string of the molecule is O=CC1CCCN(c2ccc(F)cc2)C1=O. The number of carbonyl (C=O) groups excluding carboxylic acids is 2. The Morgan fingerprint density at radius 3 is 2.62 bits per heavy atom. The van der Waals surface area contributed by atoms with Gasteiger partial charge in [0, 0.05) is 12.2 Å². The Bertz CT molecular complexity index is 402. The van der Waals surface area contributed by atoms with E-state index >= 15 is 0 Å². The molecule has 1 amide bonds. The van der Waals surface area contributed by atoms with Crippen LogP contribution in [0.4, 0.5) is 10.1 Å². The molecule has 0 spiro atoms. The van der Waals surface area contributed by atoms with Crippen LogP contribution in [0.25, 0.3) is 0 Å². The van der Waals surface area contributed by atoms with Crippen molar-refractivity contribution in [3.8, 4) is 0 Å². The molecule has 1 aromatic carbocycles. The van der Waals surface area contributed by atoms with Gasteiger partial charge in [-0.05, 0) is 37.1 Å². The molecule has 0 N–H and O–H groups in total. The average molecular weight is 221 g/mol. The van der Waals surface area contributed by atoms with E-state index in [9.17, 15) is 14.0 Å². The second-order valence-corrected chi connectivity index (χ2v) is 3.85. The van der Waals surface area contributed by atoms with Crippen molar-refractivity contribution in [2.75, 3.05) is 11.4 Å². The lowest BCUT2D eigenvalue weighted by molar-refractivity contribution is -0.128. The summed E-state index contributed by atoms with van der Waals surface area (Å²) in [4.78, 5) is 24.1. The first-order valence-corrected chi connectivity index (χ1v) is 5.24. The van der Waals surface area contributed by atoms with E-state index in [2.05, 4.69) is 0 Å². The summed E-state index contributed by atoms with van der Waals surface area (Å²) in [6.07, 6.45) is 2.10. The molecule has 3 nitrogen and oxygen atoms in total. The molecule has 0 saturated carbocycles. The minimum absolute atomic E-state index is 0.187. The van der Waals surface area contributed by atoms with Crippen LogP contribution in [0.15, 0.2) is 24.3 Å². The van der Waals surface area contributed by atoms with Crippen molar-refractivity contribution in [1.29, 1.82) is 0 Å². The van der Waals surface area contributed by atoms with Gasteiger partial charge in [-0.3, -0.25) is 4.79 Å². The van der Waals surface area contributed by atoms with Gasteiger partial charge >= 0.3 is 0 Å². The number of piperidine rings is 1. The van der Waals surface area contributed by atoms with Crippen LogP contribution in [0.3, 0.4) is 0 Å². The van der Waals surface area contributed by atoms with E-state index in [1.807, 2.05) is 0 Å². The number of halogens is 1. The highest BCUT2D eigenvalue weighted by molar-refractivity contribution is 6.03. The lowest BCUT2D eigenvalue weighted by Gasteiger charge is -2.29. The van der Waals surface area contributed by atoms with Crippen LogP contribution in [0, 0.1) is 11.7 Å². The number of hydrogen-bond acceptors (Lipinski definition) is 2. The van der Waals surface area contributed by atoms with Gasteiger partial charge in [0.05, 0.1) is 5.92 Å². The van der Waals surface area contributed by atoms with Crippen molar-refractivity contribution in [3.63, 3.8) is 0 Å². The lowest BCUT2D eigenvalue weighted by Crippen LogP contribution is -2.41. The fourth-order valence-corrected chi connectivity index (χ4v) is 1.91. The molecule has 1 saturated heterocycles. The van der Waals surface area contributed by atoms with Crippen LogP contribution in [0.5, 0.6) is 0 Å². The molecule has 0 radical (unpaired) electrons. The smallest absolute Gasteiger partial charge is 0.237 e. The molecule has 1 heterocycles. The first-order chi connectivity index (χ1) is 7.72. The molecule has 1 aromatic rings. The third kappa shape index (κ3) is 1.96. The normalized spacial score (nSPS) is 20.9. The average Bonchev–Trinajstić information content (AvgIpc) is 2.31. The number of aldehydes is 1. The van der Waals surface area contributed by atoms with Crippen molar-refractivity contribution in [2.24, 2.45) is 5.92 Å². The zero-order valence-corrected chi connectivity index (χ0v) is 8.73. The van der Waals surface area contributed by atoms with Gasteiger partial charge in [-0.25, -0.2) is 4.39 Å². The fourth-order valence-electron chi connectivity index (χ4n) is 1.91. The molecule has 84 valence electrons. The Morgan fingerprint density at radius 1 is 1.31 bits per heavy atom. The molecule has 0 aromatic heterocycles. The largest absolute Gasteiger partial charge is 0.312 e. The Balaban J connectivity index is 2.23. The molecule has 1 unspecified atom stereocenters. The predicted octanol–water partition coefficient (Wildman–Crippen LogP) is 1.77. The highest BCUT2D eigenvalue weighted by atomic mass is 19.1. The monoisotopic (exact) mass is 221 g/mol. The zero-order valence-electron chi connectivity index (χ0n) is 8.73. The highest BCUT2D eigenvalue weighted by Crippen LogP contribution is 2.23. The van der Waals surface area contributed by atoms with Gasteiger partial charge in [-0.15, -0.1) is 0 Å². The summed E-state index contributed by atoms with van der Waals surface area (Å²) < 4.78 is 12.7. The molecule has 16 heavy (non-hydrogen) atoms. The number of hydrogen-bond donors (Lipinski definition) is 0. The third-order valence-electron chi connectivity index (χ3n) is 2.78. The van der Waals surface area contributed by atoms with Gasteiger partial charge in [-0.1, -0.05) is 0 Å². The number of amides is 1. The Kier molecular flexibility index (Phi) is 2.99. The fraction of sp³-hybridized carbons (Fsp3) is 0.333. The van der Waals surface area contributed by atoms with E-state index < -0.39 is 5.92 Å². The van der Waals surface area contributed by atoms with Gasteiger partial charge in [0.15, 0.2) is 0 Å². The lowest BCUT2D eigenvalue weighted by atomic mass is 9.98. The van der Waals surface area contributed by atoms with Crippen LogP contribution < -0.4 is 4.90 Å². The van der Waals surface area contributed by atoms with Crippen LogP contribution in [0.2, 0.25) is 0 Å². The predicted molar refractivity (Wildman–Crippen MR) is 57.5 cm³/mol. The summed E-state index contributed by atoms with van der Waals surface area (Å²) >= 11 is 0. The summed E-state index contributed by atoms with van der Waals surface area (Å²) in [5.74, 6) is -1.06. The molecule has 2 rings (SSSR count). The second kappa shape index (κ2) is 4.43. The van der Waals surface area contributed by atoms with Crippen LogP contribution in [-0.4, -0.2) is 18.7 Å².